The second kappa shape index (κ2) is 7.12. The van der Waals surface area contributed by atoms with Crippen LogP contribution in [0.25, 0.3) is 0 Å². The molecule has 3 nitrogen and oxygen atoms in total. The lowest BCUT2D eigenvalue weighted by Gasteiger charge is -2.19. The van der Waals surface area contributed by atoms with Gasteiger partial charge in [-0.15, -0.1) is 11.3 Å². The van der Waals surface area contributed by atoms with Gasteiger partial charge in [0.2, 0.25) is 0 Å². The summed E-state index contributed by atoms with van der Waals surface area (Å²) < 4.78 is 0. The highest BCUT2D eigenvalue weighted by Crippen LogP contribution is 2.29. The van der Waals surface area contributed by atoms with E-state index in [1.165, 1.54) is 28.8 Å². The monoisotopic (exact) mass is 354 g/mol. The number of rotatable bonds is 3. The molecular formula is C21H26N2OS. The maximum Gasteiger partial charge on any atom is 0.281 e. The fourth-order valence-corrected chi connectivity index (χ4v) is 4.21. The molecule has 3 rings (SSSR count). The molecule has 1 N–H and O–H groups in total. The molecule has 0 unspecified atom stereocenters. The zero-order chi connectivity index (χ0) is 18.0. The Balaban J connectivity index is 1.68. The molecule has 2 aromatic rings. The van der Waals surface area contributed by atoms with E-state index in [0.717, 1.165) is 29.0 Å². The van der Waals surface area contributed by atoms with E-state index in [1.54, 1.807) is 11.3 Å². The second-order valence-corrected chi connectivity index (χ2v) is 8.87. The number of benzene rings is 1. The molecule has 0 aliphatic heterocycles. The quantitative estimate of drug-likeness (QED) is 0.606. The zero-order valence-corrected chi connectivity index (χ0v) is 16.3. The van der Waals surface area contributed by atoms with Crippen LogP contribution < -0.4 is 5.43 Å². The predicted octanol–water partition coefficient (Wildman–Crippen LogP) is 5.08. The molecular weight excluding hydrogens is 328 g/mol. The average molecular weight is 355 g/mol. The van der Waals surface area contributed by atoms with Crippen molar-refractivity contribution in [2.24, 2.45) is 5.10 Å². The van der Waals surface area contributed by atoms with E-state index in [9.17, 15) is 4.79 Å². The average Bonchev–Trinajstić information content (AvgIpc) is 3.03. The summed E-state index contributed by atoms with van der Waals surface area (Å²) in [5.41, 5.74) is 7.32. The van der Waals surface area contributed by atoms with E-state index in [1.807, 2.05) is 13.0 Å². The summed E-state index contributed by atoms with van der Waals surface area (Å²) in [7, 11) is 0. The summed E-state index contributed by atoms with van der Waals surface area (Å²) in [4.78, 5) is 14.5. The van der Waals surface area contributed by atoms with Crippen LogP contribution >= 0.6 is 11.3 Å². The molecule has 4 heteroatoms. The fraction of sp³-hybridized carbons (Fsp3) is 0.429. The Morgan fingerprint density at radius 1 is 1.12 bits per heavy atom. The Bertz CT molecular complexity index is 771. The van der Waals surface area contributed by atoms with Gasteiger partial charge in [-0.1, -0.05) is 45.0 Å². The van der Waals surface area contributed by atoms with Gasteiger partial charge in [-0.2, -0.15) is 5.10 Å². The number of amides is 1. The molecule has 0 saturated carbocycles. The molecule has 1 aliphatic carbocycles. The van der Waals surface area contributed by atoms with Crippen LogP contribution in [0, 0.1) is 0 Å². The molecule has 132 valence electrons. The fourth-order valence-electron chi connectivity index (χ4n) is 3.07. The third kappa shape index (κ3) is 4.18. The molecule has 0 atom stereocenters. The van der Waals surface area contributed by atoms with Crippen molar-refractivity contribution in [1.82, 2.24) is 5.43 Å². The minimum absolute atomic E-state index is 0.106. The molecule has 1 aromatic heterocycles. The van der Waals surface area contributed by atoms with E-state index in [4.69, 9.17) is 0 Å². The topological polar surface area (TPSA) is 41.5 Å². The number of thiophene rings is 1. The maximum absolute atomic E-state index is 12.4. The minimum Gasteiger partial charge on any atom is -0.266 e. The first-order valence-corrected chi connectivity index (χ1v) is 9.73. The Hall–Kier alpha value is -1.94. The second-order valence-electron chi connectivity index (χ2n) is 7.73. The maximum atomic E-state index is 12.4. The van der Waals surface area contributed by atoms with Gasteiger partial charge in [0.1, 0.15) is 0 Å². The molecule has 0 saturated heterocycles. The van der Waals surface area contributed by atoms with Gasteiger partial charge in [-0.3, -0.25) is 4.79 Å². The van der Waals surface area contributed by atoms with Crippen LogP contribution in [0.15, 0.2) is 35.4 Å². The van der Waals surface area contributed by atoms with Gasteiger partial charge in [0.05, 0.1) is 10.6 Å². The summed E-state index contributed by atoms with van der Waals surface area (Å²) >= 11 is 1.61. The Labute approximate surface area is 154 Å². The molecule has 0 spiro atoms. The normalized spacial score (nSPS) is 15.0. The van der Waals surface area contributed by atoms with E-state index in [0.29, 0.717) is 0 Å². The first-order chi connectivity index (χ1) is 11.8. The summed E-state index contributed by atoms with van der Waals surface area (Å²) in [6, 6.07) is 10.4. The number of hydrogen-bond acceptors (Lipinski definition) is 3. The summed E-state index contributed by atoms with van der Waals surface area (Å²) in [6.45, 7) is 8.52. The standard InChI is InChI=1S/C21H26N2OS/c1-14(15-9-11-17(12-10-15)21(2,3)4)22-23-20(24)19-13-16-7-5-6-8-18(16)25-19/h9-13H,5-8H2,1-4H3,(H,23,24). The number of carbonyl (C=O) groups is 1. The SMILES string of the molecule is CC(=NNC(=O)c1cc2c(s1)CCCC2)c1ccc(C(C)(C)C)cc1. The summed E-state index contributed by atoms with van der Waals surface area (Å²) in [5.74, 6) is -0.106. The Morgan fingerprint density at radius 2 is 1.80 bits per heavy atom. The molecule has 1 aromatic carbocycles. The lowest BCUT2D eigenvalue weighted by Crippen LogP contribution is -2.18. The van der Waals surface area contributed by atoms with Crippen LogP contribution in [-0.4, -0.2) is 11.6 Å². The Kier molecular flexibility index (Phi) is 5.09. The first kappa shape index (κ1) is 17.9. The number of hydrazone groups is 1. The number of hydrogen-bond donors (Lipinski definition) is 1. The van der Waals surface area contributed by atoms with Gasteiger partial charge in [0, 0.05) is 4.88 Å². The molecule has 1 heterocycles. The highest BCUT2D eigenvalue weighted by molar-refractivity contribution is 7.14. The third-order valence-electron chi connectivity index (χ3n) is 4.71. The van der Waals surface area contributed by atoms with Gasteiger partial charge in [-0.25, -0.2) is 5.43 Å². The van der Waals surface area contributed by atoms with Crippen molar-refractivity contribution in [2.75, 3.05) is 0 Å². The minimum atomic E-state index is -0.106. The molecule has 25 heavy (non-hydrogen) atoms. The highest BCUT2D eigenvalue weighted by Gasteiger charge is 2.17. The predicted molar refractivity (Wildman–Crippen MR) is 106 cm³/mol. The van der Waals surface area contributed by atoms with E-state index in [-0.39, 0.29) is 11.3 Å². The molecule has 0 fully saturated rings. The van der Waals surface area contributed by atoms with Gasteiger partial charge in [-0.05, 0) is 60.8 Å². The lowest BCUT2D eigenvalue weighted by molar-refractivity contribution is 0.0959. The highest BCUT2D eigenvalue weighted by atomic mass is 32.1. The van der Waals surface area contributed by atoms with Crippen molar-refractivity contribution in [2.45, 2.75) is 58.8 Å². The van der Waals surface area contributed by atoms with Crippen molar-refractivity contribution in [1.29, 1.82) is 0 Å². The number of aryl methyl sites for hydroxylation is 2. The summed E-state index contributed by atoms with van der Waals surface area (Å²) in [6.07, 6.45) is 4.67. The van der Waals surface area contributed by atoms with E-state index < -0.39 is 0 Å². The van der Waals surface area contributed by atoms with Gasteiger partial charge < -0.3 is 0 Å². The zero-order valence-electron chi connectivity index (χ0n) is 15.5. The molecule has 0 radical (unpaired) electrons. The van der Waals surface area contributed by atoms with Crippen LogP contribution in [0.2, 0.25) is 0 Å². The number of nitrogens with one attached hydrogen (secondary N) is 1. The smallest absolute Gasteiger partial charge is 0.266 e. The van der Waals surface area contributed by atoms with Crippen molar-refractivity contribution >= 4 is 23.0 Å². The van der Waals surface area contributed by atoms with Crippen LogP contribution in [0.3, 0.4) is 0 Å². The first-order valence-electron chi connectivity index (χ1n) is 8.92. The van der Waals surface area contributed by atoms with E-state index >= 15 is 0 Å². The van der Waals surface area contributed by atoms with Crippen molar-refractivity contribution < 1.29 is 4.79 Å². The number of carbonyl (C=O) groups excluding carboxylic acids is 1. The van der Waals surface area contributed by atoms with Crippen LogP contribution in [-0.2, 0) is 18.3 Å². The Morgan fingerprint density at radius 3 is 2.44 bits per heavy atom. The van der Waals surface area contributed by atoms with Gasteiger partial charge in [0.25, 0.3) is 5.91 Å². The summed E-state index contributed by atoms with van der Waals surface area (Å²) in [5, 5.41) is 4.29. The van der Waals surface area contributed by atoms with Crippen molar-refractivity contribution in [3.05, 3.63) is 56.8 Å². The number of nitrogens with zero attached hydrogens (tertiary/aromatic N) is 1. The lowest BCUT2D eigenvalue weighted by atomic mass is 9.86. The largest absolute Gasteiger partial charge is 0.281 e. The van der Waals surface area contributed by atoms with E-state index in [2.05, 4.69) is 55.6 Å². The van der Waals surface area contributed by atoms with Gasteiger partial charge in [0.15, 0.2) is 0 Å². The van der Waals surface area contributed by atoms with Crippen molar-refractivity contribution in [3.63, 3.8) is 0 Å². The van der Waals surface area contributed by atoms with Crippen LogP contribution in [0.4, 0.5) is 0 Å². The van der Waals surface area contributed by atoms with Crippen LogP contribution in [0.1, 0.15) is 71.8 Å². The van der Waals surface area contributed by atoms with Crippen LogP contribution in [0.5, 0.6) is 0 Å². The molecule has 1 aliphatic rings. The third-order valence-corrected chi connectivity index (χ3v) is 5.95. The van der Waals surface area contributed by atoms with Crippen molar-refractivity contribution in [3.8, 4) is 0 Å². The number of fused-ring (bicyclic) bond motifs is 1. The molecule has 0 bridgehead atoms. The molecule has 1 amide bonds. The van der Waals surface area contributed by atoms with Gasteiger partial charge >= 0.3 is 0 Å².